The van der Waals surface area contributed by atoms with Crippen LogP contribution in [-0.4, -0.2) is 92.0 Å². The molecule has 0 aliphatic rings. The van der Waals surface area contributed by atoms with Crippen LogP contribution in [0.5, 0.6) is 5.75 Å². The van der Waals surface area contributed by atoms with Crippen molar-refractivity contribution in [3.05, 3.63) is 305 Å². The van der Waals surface area contributed by atoms with Crippen LogP contribution in [0.4, 0.5) is 51.3 Å². The number of benzene rings is 5. The topological polar surface area (TPSA) is 341 Å². The van der Waals surface area contributed by atoms with Crippen LogP contribution in [0.15, 0.2) is 194 Å². The zero-order chi connectivity index (χ0) is 93.8. The number of halogens is 9. The molecule has 664 valence electrons. The third-order valence-electron chi connectivity index (χ3n) is 18.6. The van der Waals surface area contributed by atoms with E-state index >= 15 is 0 Å². The van der Waals surface area contributed by atoms with Crippen LogP contribution in [0, 0.1) is 41.5 Å². The second-order valence-electron chi connectivity index (χ2n) is 27.2. The number of rotatable bonds is 21. The number of hydrogen-bond acceptors (Lipinski definition) is 21. The van der Waals surface area contributed by atoms with Crippen LogP contribution in [0.3, 0.4) is 0 Å². The molecule has 129 heavy (non-hydrogen) atoms. The lowest BCUT2D eigenvalue weighted by Crippen LogP contribution is -2.13. The molecule has 5 amide bonds. The van der Waals surface area contributed by atoms with Crippen molar-refractivity contribution in [2.45, 2.75) is 53.9 Å². The fourth-order valence-electron chi connectivity index (χ4n) is 12.2. The van der Waals surface area contributed by atoms with Crippen molar-refractivity contribution in [2.24, 2.45) is 0 Å². The molecular formula is C89H64Cl3F6N5O16S10. The average molecular weight is 2000 g/mol. The number of hydrogen-bond donors (Lipinski definition) is 10. The fraction of sp³-hybridized carbons (Fsp3) is 0.101. The number of anilines is 5. The minimum atomic E-state index is -4.47. The van der Waals surface area contributed by atoms with Gasteiger partial charge >= 0.3 is 42.2 Å². The number of carboxylic acids is 5. The number of carbonyl (C=O) groups excluding carboxylic acids is 5. The summed E-state index contributed by atoms with van der Waals surface area (Å²) in [5.74, 6) is -7.30. The third-order valence-corrected chi connectivity index (χ3v) is 28.7. The Morgan fingerprint density at radius 2 is 0.674 bits per heavy atom. The van der Waals surface area contributed by atoms with Gasteiger partial charge in [-0.2, -0.15) is 26.3 Å². The van der Waals surface area contributed by atoms with Gasteiger partial charge in [-0.15, -0.1) is 113 Å². The number of aryl methyl sites for hydroxylation is 6. The molecule has 0 aliphatic carbocycles. The Balaban J connectivity index is 0.000000156. The third kappa shape index (κ3) is 23.8. The van der Waals surface area contributed by atoms with Crippen LogP contribution >= 0.6 is 148 Å². The van der Waals surface area contributed by atoms with E-state index in [1.165, 1.54) is 110 Å². The van der Waals surface area contributed by atoms with Gasteiger partial charge in [-0.05, 0) is 181 Å². The maximum absolute atomic E-state index is 12.7. The number of methoxy groups -OCH3 is 1. The molecule has 0 unspecified atom stereocenters. The first-order valence-corrected chi connectivity index (χ1v) is 46.7. The molecule has 0 saturated carbocycles. The van der Waals surface area contributed by atoms with Crippen molar-refractivity contribution in [2.75, 3.05) is 33.7 Å². The maximum Gasteiger partial charge on any atom is 0.416 e. The molecule has 0 atom stereocenters. The predicted octanol–water partition coefficient (Wildman–Crippen LogP) is 28.0. The highest BCUT2D eigenvalue weighted by Gasteiger charge is 2.34. The lowest BCUT2D eigenvalue weighted by atomic mass is 9.99. The van der Waals surface area contributed by atoms with Gasteiger partial charge in [-0.1, -0.05) is 108 Å². The molecule has 15 aromatic rings. The second kappa shape index (κ2) is 42.5. The van der Waals surface area contributed by atoms with Crippen molar-refractivity contribution in [3.8, 4) is 61.4 Å². The summed E-state index contributed by atoms with van der Waals surface area (Å²) in [6.07, 6.45) is -8.94. The van der Waals surface area contributed by atoms with Crippen molar-refractivity contribution in [1.82, 2.24) is 0 Å². The van der Waals surface area contributed by atoms with Crippen LogP contribution in [0.25, 0.3) is 55.6 Å². The molecule has 0 fully saturated rings. The minimum Gasteiger partial charge on any atom is -0.495 e. The molecule has 21 nitrogen and oxygen atoms in total. The van der Waals surface area contributed by atoms with Gasteiger partial charge in [-0.25, -0.2) is 24.0 Å². The lowest BCUT2D eigenvalue weighted by Gasteiger charge is -2.08. The van der Waals surface area contributed by atoms with E-state index in [4.69, 9.17) is 39.5 Å². The normalized spacial score (nSPS) is 10.9. The van der Waals surface area contributed by atoms with Gasteiger partial charge in [0.15, 0.2) is 0 Å². The smallest absolute Gasteiger partial charge is 0.416 e. The summed E-state index contributed by atoms with van der Waals surface area (Å²) in [6.45, 7) is 11.3. The summed E-state index contributed by atoms with van der Waals surface area (Å²) < 4.78 is 81.8. The molecule has 10 N–H and O–H groups in total. The summed E-state index contributed by atoms with van der Waals surface area (Å²) >= 11 is 29.9. The first-order chi connectivity index (χ1) is 61.1. The van der Waals surface area contributed by atoms with Gasteiger partial charge in [0, 0.05) is 79.9 Å². The van der Waals surface area contributed by atoms with Gasteiger partial charge in [0.05, 0.1) is 44.0 Å². The first kappa shape index (κ1) is 97.7. The van der Waals surface area contributed by atoms with Crippen molar-refractivity contribution in [1.29, 1.82) is 0 Å². The van der Waals surface area contributed by atoms with E-state index in [-0.39, 0.29) is 64.9 Å². The highest BCUT2D eigenvalue weighted by molar-refractivity contribution is 7.18. The molecule has 0 radical (unpaired) electrons. The molecule has 40 heteroatoms. The zero-order valence-electron chi connectivity index (χ0n) is 67.3. The predicted molar refractivity (Wildman–Crippen MR) is 505 cm³/mol. The number of carboxylic acid groups (broad SMARTS) is 5. The van der Waals surface area contributed by atoms with E-state index in [1.807, 2.05) is 64.3 Å². The number of carbonyl (C=O) groups is 10. The Hall–Kier alpha value is -12.0. The largest absolute Gasteiger partial charge is 0.495 e. The van der Waals surface area contributed by atoms with E-state index in [0.717, 1.165) is 107 Å². The van der Waals surface area contributed by atoms with Crippen molar-refractivity contribution in [3.63, 3.8) is 0 Å². The Labute approximate surface area is 784 Å². The Morgan fingerprint density at radius 1 is 0.341 bits per heavy atom. The molecule has 15 rings (SSSR count). The SMILES string of the molecule is COc1c(C(=O)Nc2scc(-c3ccc(Cl)cc3)c2C(=O)O)csc1C.Cc1cc(C(=O)Nc2scc(-c3ccc(Cl)cc3)c2C(=O)O)c(Cl)s1.Cc1ccc(-c2csc(NC(=O)c3sccc3C)c2C(=O)O)cc1C.Cc1ccsc1C(=O)Nc1scc(-c2ccc(C(F)(F)F)cc2)c1C(=O)O.O=C(Nc1scc(-c2ccc(C(F)(F)F)cc2)c1C(=O)O)c1cccs1. The number of aromatic carboxylic acids is 5. The van der Waals surface area contributed by atoms with Crippen LogP contribution in [-0.2, 0) is 12.4 Å². The van der Waals surface area contributed by atoms with Crippen LogP contribution in [0.1, 0.15) is 145 Å². The van der Waals surface area contributed by atoms with Gasteiger partial charge in [0.25, 0.3) is 29.5 Å². The standard InChI is InChI=1S/C19H17NO3S2.C18H14ClNO4S2.C18H12F3NO3S2.C17H11Cl2NO3S2.C17H10F3NO3S2/c1-10-4-5-13(8-12(10)3)14-9-25-18(15(14)19(22)23)20-17(21)16-11(2)6-7-24-16;1-9-15(24-2)13(8-25-9)16(21)20-17-14(18(22)23)12(7-26-17)10-3-5-11(19)6-4-10;1-9-6-7-26-14(9)15(23)22-16-13(17(24)25)12(8-27-16)10-2-4-11(5-3-10)18(19,20)21;1-8-6-11(14(19)25-8)15(21)20-16-13(17(22)23)12(7-24-16)9-2-4-10(18)5-3-9;18-17(19,20)10-5-3-9(4-6-10)11-8-26-15(13(11)16(23)24)21-14(22)12-2-1-7-25-12/h4-9H,1-3H3,(H,20,21)(H,22,23);3-8H,1-2H3,(H,20,21)(H,22,23);2-8H,1H3,(H,22,23)(H,24,25);2-7H,1H3,(H,20,21)(H,22,23);1-8H,(H,21,22)(H,23,24). The quantitative estimate of drug-likeness (QED) is 0.0299. The minimum absolute atomic E-state index is 0.0451. The Kier molecular flexibility index (Phi) is 32.2. The zero-order valence-corrected chi connectivity index (χ0v) is 77.7. The van der Waals surface area contributed by atoms with Gasteiger partial charge in [-0.3, -0.25) is 24.0 Å². The maximum atomic E-state index is 12.7. The van der Waals surface area contributed by atoms with E-state index < -0.39 is 77.0 Å². The van der Waals surface area contributed by atoms with Crippen LogP contribution in [0.2, 0.25) is 14.4 Å². The molecule has 0 saturated heterocycles. The fourth-order valence-corrected chi connectivity index (χ4v) is 21.5. The summed E-state index contributed by atoms with van der Waals surface area (Å²) in [5, 5.41) is 78.7. The van der Waals surface area contributed by atoms with E-state index in [1.54, 1.807) is 112 Å². The lowest BCUT2D eigenvalue weighted by molar-refractivity contribution is -0.138. The van der Waals surface area contributed by atoms with E-state index in [2.05, 4.69) is 26.6 Å². The van der Waals surface area contributed by atoms with Gasteiger partial charge < -0.3 is 56.9 Å². The van der Waals surface area contributed by atoms with E-state index in [9.17, 15) is 99.8 Å². The van der Waals surface area contributed by atoms with Gasteiger partial charge in [0.1, 0.15) is 62.9 Å². The highest BCUT2D eigenvalue weighted by Crippen LogP contribution is 2.45. The van der Waals surface area contributed by atoms with Crippen molar-refractivity contribution < 1.29 is 105 Å². The highest BCUT2D eigenvalue weighted by atomic mass is 35.5. The Bertz CT molecular complexity index is 6720. The summed E-state index contributed by atoms with van der Waals surface area (Å²) in [6, 6.07) is 36.6. The summed E-state index contributed by atoms with van der Waals surface area (Å²) in [5.41, 5.74) is 7.99. The van der Waals surface area contributed by atoms with Gasteiger partial charge in [0.2, 0.25) is 0 Å². The summed E-state index contributed by atoms with van der Waals surface area (Å²) in [7, 11) is 1.50. The summed E-state index contributed by atoms with van der Waals surface area (Å²) in [4.78, 5) is 124. The number of thiophene rings is 10. The molecular weight excluding hydrogens is 1940 g/mol. The number of nitrogens with one attached hydrogen (secondary N) is 5. The van der Waals surface area contributed by atoms with Crippen LogP contribution < -0.4 is 31.3 Å². The Morgan fingerprint density at radius 3 is 0.977 bits per heavy atom. The van der Waals surface area contributed by atoms with E-state index in [0.29, 0.717) is 89.8 Å². The molecule has 0 spiro atoms. The number of ether oxygens (including phenoxy) is 1. The number of alkyl halides is 6. The molecule has 10 heterocycles. The molecule has 5 aromatic carbocycles. The monoisotopic (exact) mass is 2000 g/mol. The van der Waals surface area contributed by atoms with Crippen molar-refractivity contribution >= 4 is 233 Å². The first-order valence-electron chi connectivity index (χ1n) is 36.9. The number of amides is 5. The second-order valence-corrected chi connectivity index (χ2v) is 38.1. The molecule has 10 aromatic heterocycles. The molecule has 0 bridgehead atoms. The molecule has 0 aliphatic heterocycles. The average Bonchev–Trinajstić information content (AvgIpc) is 1.68.